The van der Waals surface area contributed by atoms with Crippen molar-refractivity contribution in [2.45, 2.75) is 50.6 Å². The lowest BCUT2D eigenvalue weighted by Crippen LogP contribution is -2.46. The van der Waals surface area contributed by atoms with E-state index in [0.717, 1.165) is 44.6 Å². The highest BCUT2D eigenvalue weighted by Crippen LogP contribution is 2.28. The Balaban J connectivity index is 0.00000156. The third-order valence-corrected chi connectivity index (χ3v) is 5.44. The molecule has 2 fully saturated rings. The van der Waals surface area contributed by atoms with E-state index in [-0.39, 0.29) is 36.8 Å². The van der Waals surface area contributed by atoms with Crippen LogP contribution in [0.4, 0.5) is 5.82 Å². The van der Waals surface area contributed by atoms with Crippen molar-refractivity contribution in [3.8, 4) is 0 Å². The Bertz CT molecular complexity index is 525. The molecule has 2 N–H and O–H groups in total. The largest absolute Gasteiger partial charge is 0.355 e. The number of aromatic nitrogens is 2. The highest BCUT2D eigenvalue weighted by molar-refractivity contribution is 5.85. The van der Waals surface area contributed by atoms with Gasteiger partial charge in [-0.25, -0.2) is 0 Å². The summed E-state index contributed by atoms with van der Waals surface area (Å²) in [5.74, 6) is 1.56. The Labute approximate surface area is 162 Å². The molecule has 1 aromatic rings. The van der Waals surface area contributed by atoms with Crippen LogP contribution in [0.5, 0.6) is 0 Å². The van der Waals surface area contributed by atoms with E-state index in [1.54, 1.807) is 6.20 Å². The van der Waals surface area contributed by atoms with Gasteiger partial charge in [0, 0.05) is 44.8 Å². The second-order valence-electron chi connectivity index (χ2n) is 6.86. The van der Waals surface area contributed by atoms with Crippen LogP contribution in [0.25, 0.3) is 0 Å². The quantitative estimate of drug-likeness (QED) is 0.854. The maximum Gasteiger partial charge on any atom is 0.222 e. The van der Waals surface area contributed by atoms with Crippen molar-refractivity contribution in [1.82, 2.24) is 15.1 Å². The Morgan fingerprint density at radius 2 is 2.00 bits per heavy atom. The number of nitrogens with zero attached hydrogens (tertiary/aromatic N) is 4. The van der Waals surface area contributed by atoms with Gasteiger partial charge in [-0.1, -0.05) is 6.42 Å². The number of hydrogen-bond donors (Lipinski definition) is 1. The van der Waals surface area contributed by atoms with Crippen LogP contribution in [0, 0.1) is 5.92 Å². The van der Waals surface area contributed by atoms with Crippen LogP contribution >= 0.6 is 24.8 Å². The predicted molar refractivity (Wildman–Crippen MR) is 104 cm³/mol. The van der Waals surface area contributed by atoms with E-state index in [1.807, 2.05) is 24.1 Å². The molecule has 1 saturated carbocycles. The van der Waals surface area contributed by atoms with Gasteiger partial charge in [0.1, 0.15) is 0 Å². The lowest BCUT2D eigenvalue weighted by Gasteiger charge is -2.37. The zero-order chi connectivity index (χ0) is 16.2. The standard InChI is InChI=1S/C17H27N5O.2ClH/c1-21(17(23)12-13-4-2-5-15(13)18)14-7-10-22(11-8-14)16-6-3-9-19-20-16;;/h3,6,9,13-15H,2,4-5,7-8,10-12,18H2,1H3;2*1H/t13-,15+;;/m0../s1. The zero-order valence-corrected chi connectivity index (χ0v) is 16.3. The van der Waals surface area contributed by atoms with Gasteiger partial charge >= 0.3 is 0 Å². The van der Waals surface area contributed by atoms with Crippen LogP contribution in [0.1, 0.15) is 38.5 Å². The summed E-state index contributed by atoms with van der Waals surface area (Å²) in [6, 6.07) is 4.44. The van der Waals surface area contributed by atoms with E-state index in [9.17, 15) is 4.79 Å². The molecule has 1 saturated heterocycles. The fourth-order valence-electron chi connectivity index (χ4n) is 3.84. The van der Waals surface area contributed by atoms with Gasteiger partial charge in [-0.05, 0) is 43.7 Å². The van der Waals surface area contributed by atoms with Crippen molar-refractivity contribution in [1.29, 1.82) is 0 Å². The van der Waals surface area contributed by atoms with Crippen LogP contribution in [0.3, 0.4) is 0 Å². The molecule has 142 valence electrons. The molecule has 8 heteroatoms. The molecule has 1 amide bonds. The molecule has 0 spiro atoms. The lowest BCUT2D eigenvalue weighted by atomic mass is 9.97. The second kappa shape index (κ2) is 10.1. The van der Waals surface area contributed by atoms with Gasteiger partial charge in [-0.2, -0.15) is 5.10 Å². The van der Waals surface area contributed by atoms with Crippen molar-refractivity contribution >= 4 is 36.5 Å². The number of hydrogen-bond acceptors (Lipinski definition) is 5. The number of halogens is 2. The van der Waals surface area contributed by atoms with Crippen LogP contribution in [-0.4, -0.2) is 53.2 Å². The van der Waals surface area contributed by atoms with Gasteiger partial charge < -0.3 is 15.5 Å². The molecule has 1 aliphatic heterocycles. The topological polar surface area (TPSA) is 75.3 Å². The molecular weight excluding hydrogens is 361 g/mol. The summed E-state index contributed by atoms with van der Waals surface area (Å²) < 4.78 is 0. The van der Waals surface area contributed by atoms with Gasteiger partial charge in [0.2, 0.25) is 5.91 Å². The van der Waals surface area contributed by atoms with Gasteiger partial charge in [0.25, 0.3) is 0 Å². The van der Waals surface area contributed by atoms with Crippen LogP contribution in [0.15, 0.2) is 18.3 Å². The molecule has 3 rings (SSSR count). The summed E-state index contributed by atoms with van der Waals surface area (Å²) >= 11 is 0. The highest BCUT2D eigenvalue weighted by Gasteiger charge is 2.30. The number of rotatable bonds is 4. The predicted octanol–water partition coefficient (Wildman–Crippen LogP) is 2.26. The van der Waals surface area contributed by atoms with Crippen molar-refractivity contribution in [2.24, 2.45) is 11.7 Å². The van der Waals surface area contributed by atoms with Crippen molar-refractivity contribution in [2.75, 3.05) is 25.0 Å². The van der Waals surface area contributed by atoms with E-state index in [0.29, 0.717) is 18.4 Å². The molecule has 6 nitrogen and oxygen atoms in total. The van der Waals surface area contributed by atoms with Gasteiger partial charge in [0.05, 0.1) is 0 Å². The summed E-state index contributed by atoms with van der Waals surface area (Å²) in [5, 5.41) is 8.10. The lowest BCUT2D eigenvalue weighted by molar-refractivity contribution is -0.133. The number of carbonyl (C=O) groups excluding carboxylic acids is 1. The molecule has 2 heterocycles. The number of carbonyl (C=O) groups is 1. The molecule has 0 radical (unpaired) electrons. The highest BCUT2D eigenvalue weighted by atomic mass is 35.5. The van der Waals surface area contributed by atoms with Crippen LogP contribution in [-0.2, 0) is 4.79 Å². The Morgan fingerprint density at radius 1 is 1.28 bits per heavy atom. The Kier molecular flexibility index (Phi) is 8.89. The normalized spacial score (nSPS) is 23.5. The smallest absolute Gasteiger partial charge is 0.222 e. The van der Waals surface area contributed by atoms with Crippen molar-refractivity contribution in [3.63, 3.8) is 0 Å². The fourth-order valence-corrected chi connectivity index (χ4v) is 3.84. The molecule has 2 aliphatic rings. The minimum absolute atomic E-state index is 0. The van der Waals surface area contributed by atoms with E-state index >= 15 is 0 Å². The second-order valence-corrected chi connectivity index (χ2v) is 6.86. The molecule has 25 heavy (non-hydrogen) atoms. The Hall–Kier alpha value is -1.11. The van der Waals surface area contributed by atoms with E-state index in [2.05, 4.69) is 15.1 Å². The summed E-state index contributed by atoms with van der Waals surface area (Å²) in [5.41, 5.74) is 6.10. The zero-order valence-electron chi connectivity index (χ0n) is 14.7. The fraction of sp³-hybridized carbons (Fsp3) is 0.706. The summed E-state index contributed by atoms with van der Waals surface area (Å²) in [4.78, 5) is 16.7. The van der Waals surface area contributed by atoms with E-state index in [1.165, 1.54) is 6.42 Å². The molecular formula is C17H29Cl2N5O. The first kappa shape index (κ1) is 21.9. The van der Waals surface area contributed by atoms with E-state index in [4.69, 9.17) is 5.73 Å². The first-order valence-corrected chi connectivity index (χ1v) is 8.69. The maximum absolute atomic E-state index is 12.5. The number of nitrogens with two attached hydrogens (primary N) is 1. The van der Waals surface area contributed by atoms with Crippen LogP contribution in [0.2, 0.25) is 0 Å². The minimum atomic E-state index is 0. The molecule has 0 aromatic carbocycles. The number of piperidine rings is 1. The molecule has 1 aromatic heterocycles. The number of amides is 1. The SMILES string of the molecule is CN(C(=O)C[C@@H]1CCC[C@H]1N)C1CCN(c2cccnn2)CC1.Cl.Cl. The third kappa shape index (κ3) is 5.43. The molecule has 0 bridgehead atoms. The summed E-state index contributed by atoms with van der Waals surface area (Å²) in [6.07, 6.45) is 7.60. The average molecular weight is 390 g/mol. The van der Waals surface area contributed by atoms with Gasteiger partial charge in [-0.3, -0.25) is 4.79 Å². The maximum atomic E-state index is 12.5. The Morgan fingerprint density at radius 3 is 2.56 bits per heavy atom. The first-order chi connectivity index (χ1) is 11.1. The average Bonchev–Trinajstić information content (AvgIpc) is 3.00. The monoisotopic (exact) mass is 389 g/mol. The molecule has 2 atom stereocenters. The van der Waals surface area contributed by atoms with Crippen LogP contribution < -0.4 is 10.6 Å². The van der Waals surface area contributed by atoms with Gasteiger partial charge in [0.15, 0.2) is 5.82 Å². The summed E-state index contributed by atoms with van der Waals surface area (Å²) in [7, 11) is 1.95. The summed E-state index contributed by atoms with van der Waals surface area (Å²) in [6.45, 7) is 1.84. The van der Waals surface area contributed by atoms with Gasteiger partial charge in [-0.15, -0.1) is 29.9 Å². The van der Waals surface area contributed by atoms with Crippen molar-refractivity contribution < 1.29 is 4.79 Å². The first-order valence-electron chi connectivity index (χ1n) is 8.69. The third-order valence-electron chi connectivity index (χ3n) is 5.44. The molecule has 0 unspecified atom stereocenters. The minimum Gasteiger partial charge on any atom is -0.355 e. The van der Waals surface area contributed by atoms with E-state index < -0.39 is 0 Å². The number of anilines is 1. The molecule has 1 aliphatic carbocycles. The van der Waals surface area contributed by atoms with Crippen molar-refractivity contribution in [3.05, 3.63) is 18.3 Å².